The van der Waals surface area contributed by atoms with Gasteiger partial charge in [-0.2, -0.15) is 0 Å². The van der Waals surface area contributed by atoms with Crippen molar-refractivity contribution in [1.82, 2.24) is 4.98 Å². The highest BCUT2D eigenvalue weighted by molar-refractivity contribution is 6.23. The molecule has 6 aromatic rings. The smallest absolute Gasteiger partial charge is 0.143 e. The van der Waals surface area contributed by atoms with Gasteiger partial charge in [-0.1, -0.05) is 90.5 Å². The van der Waals surface area contributed by atoms with Crippen LogP contribution in [0, 0.1) is 6.92 Å². The first-order valence-corrected chi connectivity index (χ1v) is 10.8. The fraction of sp³-hybridized carbons (Fsp3) is 0.0333. The molecule has 0 saturated heterocycles. The molecule has 0 fully saturated rings. The second-order valence-electron chi connectivity index (χ2n) is 8.09. The normalized spacial score (nSPS) is 11.3. The Balaban J connectivity index is 1.79. The number of ether oxygens (including phenoxy) is 1. The quantitative estimate of drug-likeness (QED) is 0.216. The van der Waals surface area contributed by atoms with Crippen molar-refractivity contribution in [2.75, 3.05) is 0 Å². The van der Waals surface area contributed by atoms with Crippen LogP contribution in [0.15, 0.2) is 109 Å². The second-order valence-corrected chi connectivity index (χ2v) is 8.09. The molecule has 0 N–H and O–H groups in total. The van der Waals surface area contributed by atoms with Crippen LogP contribution in [0.5, 0.6) is 11.5 Å². The zero-order valence-corrected chi connectivity index (χ0v) is 17.7. The Morgan fingerprint density at radius 1 is 0.594 bits per heavy atom. The van der Waals surface area contributed by atoms with Crippen molar-refractivity contribution in [2.45, 2.75) is 6.92 Å². The molecule has 32 heavy (non-hydrogen) atoms. The first kappa shape index (κ1) is 18.6. The first-order chi connectivity index (χ1) is 15.8. The van der Waals surface area contributed by atoms with Crippen molar-refractivity contribution in [3.8, 4) is 22.6 Å². The van der Waals surface area contributed by atoms with E-state index in [1.807, 2.05) is 24.4 Å². The molecule has 6 rings (SSSR count). The van der Waals surface area contributed by atoms with E-state index in [2.05, 4.69) is 91.9 Å². The predicted molar refractivity (Wildman–Crippen MR) is 133 cm³/mol. The molecule has 0 aliphatic rings. The number of aromatic nitrogens is 1. The molecule has 0 unspecified atom stereocenters. The van der Waals surface area contributed by atoms with Gasteiger partial charge in [-0.3, -0.25) is 4.98 Å². The van der Waals surface area contributed by atoms with E-state index in [1.165, 1.54) is 16.7 Å². The number of hydrogen-bond donors (Lipinski definition) is 0. The molecule has 0 aliphatic heterocycles. The molecule has 1 heterocycles. The highest BCUT2D eigenvalue weighted by atomic mass is 16.5. The minimum absolute atomic E-state index is 0.829. The number of pyridine rings is 1. The van der Waals surface area contributed by atoms with Gasteiger partial charge >= 0.3 is 0 Å². The molecular weight excluding hydrogens is 390 g/mol. The van der Waals surface area contributed by atoms with Crippen LogP contribution in [0.25, 0.3) is 43.6 Å². The number of benzene rings is 5. The first-order valence-electron chi connectivity index (χ1n) is 10.8. The molecular formula is C30H21NO. The predicted octanol–water partition coefficient (Wildman–Crippen LogP) is 8.31. The molecule has 2 nitrogen and oxygen atoms in total. The summed E-state index contributed by atoms with van der Waals surface area (Å²) < 4.78 is 6.63. The number of fused-ring (bicyclic) bond motifs is 4. The Labute approximate surface area is 186 Å². The van der Waals surface area contributed by atoms with E-state index >= 15 is 0 Å². The van der Waals surface area contributed by atoms with Gasteiger partial charge < -0.3 is 4.74 Å². The van der Waals surface area contributed by atoms with Gasteiger partial charge in [0.05, 0.1) is 5.52 Å². The molecule has 152 valence electrons. The zero-order chi connectivity index (χ0) is 21.5. The Bertz CT molecular complexity index is 1590. The summed E-state index contributed by atoms with van der Waals surface area (Å²) in [6.07, 6.45) is 1.99. The average molecular weight is 412 g/mol. The van der Waals surface area contributed by atoms with Crippen LogP contribution in [-0.4, -0.2) is 4.98 Å². The Morgan fingerprint density at radius 2 is 1.25 bits per heavy atom. The molecule has 0 spiro atoms. The number of nitrogens with zero attached hydrogens (tertiary/aromatic N) is 1. The van der Waals surface area contributed by atoms with E-state index in [1.54, 1.807) is 0 Å². The van der Waals surface area contributed by atoms with Crippen LogP contribution in [0.4, 0.5) is 0 Å². The van der Waals surface area contributed by atoms with Gasteiger partial charge in [0.2, 0.25) is 0 Å². The Kier molecular flexibility index (Phi) is 4.36. The van der Waals surface area contributed by atoms with Gasteiger partial charge in [-0.15, -0.1) is 0 Å². The minimum atomic E-state index is 0.829. The molecule has 5 aromatic carbocycles. The van der Waals surface area contributed by atoms with Crippen molar-refractivity contribution < 1.29 is 4.74 Å². The lowest BCUT2D eigenvalue weighted by Crippen LogP contribution is -1.94. The van der Waals surface area contributed by atoms with Crippen LogP contribution in [-0.2, 0) is 0 Å². The highest BCUT2D eigenvalue weighted by Gasteiger charge is 2.19. The summed E-state index contributed by atoms with van der Waals surface area (Å²) in [5.74, 6) is 1.70. The Hall–Kier alpha value is -4.17. The van der Waals surface area contributed by atoms with Gasteiger partial charge in [0.25, 0.3) is 0 Å². The molecule has 0 bridgehead atoms. The summed E-state index contributed by atoms with van der Waals surface area (Å²) in [4.78, 5) is 4.81. The van der Waals surface area contributed by atoms with Crippen LogP contribution < -0.4 is 4.74 Å². The van der Waals surface area contributed by atoms with Crippen LogP contribution >= 0.6 is 0 Å². The largest absolute Gasteiger partial charge is 0.456 e. The summed E-state index contributed by atoms with van der Waals surface area (Å²) in [5, 5.41) is 5.53. The molecule has 0 amide bonds. The van der Waals surface area contributed by atoms with E-state index in [9.17, 15) is 0 Å². The monoisotopic (exact) mass is 411 g/mol. The van der Waals surface area contributed by atoms with Gasteiger partial charge in [0.1, 0.15) is 11.5 Å². The number of rotatable bonds is 3. The van der Waals surface area contributed by atoms with Crippen LogP contribution in [0.1, 0.15) is 5.56 Å². The van der Waals surface area contributed by atoms with E-state index in [-0.39, 0.29) is 0 Å². The standard InChI is InChI=1S/C30H21NO/c1-20-15-17-22(18-16-20)32-30-24-12-6-5-11-23(24)28(21-9-3-2-4-10-21)26-19-31-27-14-8-7-13-25(27)29(26)30/h2-19H,1H3. The maximum Gasteiger partial charge on any atom is 0.143 e. The van der Waals surface area contributed by atoms with Crippen LogP contribution in [0.3, 0.4) is 0 Å². The average Bonchev–Trinajstić information content (AvgIpc) is 2.85. The van der Waals surface area contributed by atoms with Crippen molar-refractivity contribution in [1.29, 1.82) is 0 Å². The lowest BCUT2D eigenvalue weighted by molar-refractivity contribution is 0.494. The van der Waals surface area contributed by atoms with Gasteiger partial charge in [0, 0.05) is 27.7 Å². The third-order valence-corrected chi connectivity index (χ3v) is 6.02. The van der Waals surface area contributed by atoms with Crippen molar-refractivity contribution in [2.24, 2.45) is 0 Å². The summed E-state index contributed by atoms with van der Waals surface area (Å²) in [5.41, 5.74) is 4.53. The summed E-state index contributed by atoms with van der Waals surface area (Å²) in [6.45, 7) is 2.09. The molecule has 1 aromatic heterocycles. The van der Waals surface area contributed by atoms with Gasteiger partial charge in [0.15, 0.2) is 0 Å². The highest BCUT2D eigenvalue weighted by Crippen LogP contribution is 2.46. The van der Waals surface area contributed by atoms with Crippen molar-refractivity contribution >= 4 is 32.4 Å². The fourth-order valence-corrected chi connectivity index (χ4v) is 4.50. The lowest BCUT2D eigenvalue weighted by Gasteiger charge is -2.19. The topological polar surface area (TPSA) is 22.1 Å². The number of para-hydroxylation sites is 1. The second kappa shape index (κ2) is 7.51. The molecule has 0 atom stereocenters. The van der Waals surface area contributed by atoms with E-state index in [0.29, 0.717) is 0 Å². The fourth-order valence-electron chi connectivity index (χ4n) is 4.50. The number of hydrogen-bond acceptors (Lipinski definition) is 2. The minimum Gasteiger partial charge on any atom is -0.456 e. The number of aryl methyl sites for hydroxylation is 1. The van der Waals surface area contributed by atoms with E-state index < -0.39 is 0 Å². The third-order valence-electron chi connectivity index (χ3n) is 6.02. The molecule has 0 saturated carbocycles. The SMILES string of the molecule is Cc1ccc(Oc2c3ccccc3c(-c3ccccc3)c3cnc4ccccc4c23)cc1. The molecule has 2 heteroatoms. The maximum atomic E-state index is 6.63. The zero-order valence-electron chi connectivity index (χ0n) is 17.7. The van der Waals surface area contributed by atoms with Crippen molar-refractivity contribution in [3.63, 3.8) is 0 Å². The molecule has 0 aliphatic carbocycles. The summed E-state index contributed by atoms with van der Waals surface area (Å²) in [7, 11) is 0. The Morgan fingerprint density at radius 3 is 2.03 bits per heavy atom. The third kappa shape index (κ3) is 3.00. The van der Waals surface area contributed by atoms with Crippen molar-refractivity contribution in [3.05, 3.63) is 115 Å². The van der Waals surface area contributed by atoms with E-state index in [0.717, 1.165) is 43.9 Å². The summed E-state index contributed by atoms with van der Waals surface area (Å²) in [6, 6.07) is 35.6. The maximum absolute atomic E-state index is 6.63. The van der Waals surface area contributed by atoms with Crippen LogP contribution in [0.2, 0.25) is 0 Å². The van der Waals surface area contributed by atoms with Gasteiger partial charge in [-0.05, 0) is 41.6 Å². The van der Waals surface area contributed by atoms with Gasteiger partial charge in [-0.25, -0.2) is 0 Å². The lowest BCUT2D eigenvalue weighted by atomic mass is 9.90. The summed E-state index contributed by atoms with van der Waals surface area (Å²) >= 11 is 0. The van der Waals surface area contributed by atoms with E-state index in [4.69, 9.17) is 9.72 Å². The molecule has 0 radical (unpaired) electrons.